The number of halogens is 2. The van der Waals surface area contributed by atoms with Gasteiger partial charge in [-0.1, -0.05) is 23.7 Å². The molecule has 1 heterocycles. The van der Waals surface area contributed by atoms with Crippen molar-refractivity contribution in [1.82, 2.24) is 0 Å². The topological polar surface area (TPSA) is 18.5 Å². The van der Waals surface area contributed by atoms with Crippen molar-refractivity contribution in [2.24, 2.45) is 0 Å². The average Bonchev–Trinajstić information content (AvgIpc) is 2.68. The molecule has 1 atom stereocenters. The summed E-state index contributed by atoms with van der Waals surface area (Å²) in [6, 6.07) is 4.95. The third kappa shape index (κ3) is 3.22. The highest BCUT2D eigenvalue weighted by Gasteiger charge is 2.52. The predicted octanol–water partition coefficient (Wildman–Crippen LogP) is 5.30. The molecule has 2 aliphatic rings. The maximum absolute atomic E-state index is 14.1. The lowest BCUT2D eigenvalue weighted by Gasteiger charge is -2.32. The molecule has 1 aromatic carbocycles. The highest BCUT2D eigenvalue weighted by atomic mass is 35.5. The second kappa shape index (κ2) is 5.91. The Hall–Kier alpha value is -0.835. The van der Waals surface area contributed by atoms with Crippen molar-refractivity contribution in [1.29, 1.82) is 0 Å². The molecule has 3 rings (SSSR count). The smallest absolute Gasteiger partial charge is 0.400 e. The van der Waals surface area contributed by atoms with E-state index in [0.29, 0.717) is 5.02 Å². The van der Waals surface area contributed by atoms with Gasteiger partial charge in [-0.3, -0.25) is 0 Å². The highest BCUT2D eigenvalue weighted by molar-refractivity contribution is 6.54. The third-order valence-electron chi connectivity index (χ3n) is 5.40. The van der Waals surface area contributed by atoms with Gasteiger partial charge in [0.15, 0.2) is 0 Å². The molecule has 124 valence electrons. The van der Waals surface area contributed by atoms with E-state index in [2.05, 4.69) is 33.8 Å². The summed E-state index contributed by atoms with van der Waals surface area (Å²) in [4.78, 5) is 0. The normalized spacial score (nSPS) is 26.3. The van der Waals surface area contributed by atoms with E-state index in [-0.39, 0.29) is 30.1 Å². The van der Waals surface area contributed by atoms with Gasteiger partial charge in [-0.25, -0.2) is 4.39 Å². The van der Waals surface area contributed by atoms with Gasteiger partial charge in [0, 0.05) is 5.02 Å². The number of allylic oxidation sites excluding steroid dienone is 2. The quantitative estimate of drug-likeness (QED) is 0.682. The van der Waals surface area contributed by atoms with Crippen molar-refractivity contribution in [2.75, 3.05) is 0 Å². The molecule has 1 aromatic rings. The lowest BCUT2D eigenvalue weighted by molar-refractivity contribution is 0.00578. The predicted molar refractivity (Wildman–Crippen MR) is 92.2 cm³/mol. The van der Waals surface area contributed by atoms with Crippen LogP contribution in [0.4, 0.5) is 4.39 Å². The van der Waals surface area contributed by atoms with Crippen LogP contribution < -0.4 is 0 Å². The molecule has 2 nitrogen and oxygen atoms in total. The monoisotopic (exact) mass is 336 g/mol. The molecule has 1 unspecified atom stereocenters. The van der Waals surface area contributed by atoms with Gasteiger partial charge >= 0.3 is 7.12 Å². The number of benzene rings is 1. The zero-order valence-electron chi connectivity index (χ0n) is 14.2. The van der Waals surface area contributed by atoms with Crippen molar-refractivity contribution in [3.63, 3.8) is 0 Å². The minimum atomic E-state index is -0.322. The largest absolute Gasteiger partial charge is 0.490 e. The Balaban J connectivity index is 1.72. The Morgan fingerprint density at radius 1 is 1.17 bits per heavy atom. The summed E-state index contributed by atoms with van der Waals surface area (Å²) >= 11 is 5.83. The Labute approximate surface area is 143 Å². The first-order valence-electron chi connectivity index (χ1n) is 8.19. The number of hydrogen-bond acceptors (Lipinski definition) is 2. The summed E-state index contributed by atoms with van der Waals surface area (Å²) < 4.78 is 26.3. The van der Waals surface area contributed by atoms with E-state index in [4.69, 9.17) is 20.9 Å². The standard InChI is InChI=1S/C18H23BClFO2/c1-17(2)18(3,4)23-19(22-17)13-7-5-12(6-8-13)15-10-9-14(20)11-16(15)21/h7,9-12H,5-6,8H2,1-4H3. The zero-order valence-corrected chi connectivity index (χ0v) is 14.9. The molecular formula is C18H23BClFO2. The van der Waals surface area contributed by atoms with E-state index >= 15 is 0 Å². The fourth-order valence-electron chi connectivity index (χ4n) is 3.18. The van der Waals surface area contributed by atoms with Gasteiger partial charge in [-0.2, -0.15) is 0 Å². The molecule has 0 saturated carbocycles. The highest BCUT2D eigenvalue weighted by Crippen LogP contribution is 2.42. The molecule has 0 spiro atoms. The van der Waals surface area contributed by atoms with Crippen LogP contribution in [0.1, 0.15) is 58.4 Å². The Kier molecular flexibility index (Phi) is 4.37. The molecule has 23 heavy (non-hydrogen) atoms. The van der Waals surface area contributed by atoms with Gasteiger partial charge in [0.25, 0.3) is 0 Å². The summed E-state index contributed by atoms with van der Waals surface area (Å²) in [6.07, 6.45) is 4.72. The van der Waals surface area contributed by atoms with Crippen molar-refractivity contribution in [2.45, 2.75) is 64.1 Å². The van der Waals surface area contributed by atoms with Crippen molar-refractivity contribution < 1.29 is 13.7 Å². The maximum Gasteiger partial charge on any atom is 0.490 e. The van der Waals surface area contributed by atoms with Gasteiger partial charge in [0.2, 0.25) is 0 Å². The van der Waals surface area contributed by atoms with Crippen molar-refractivity contribution >= 4 is 18.7 Å². The zero-order chi connectivity index (χ0) is 16.8. The Morgan fingerprint density at radius 2 is 1.83 bits per heavy atom. The SMILES string of the molecule is CC1(C)OB(C2=CCC(c3ccc(Cl)cc3F)CC2)OC1(C)C. The first-order valence-corrected chi connectivity index (χ1v) is 8.57. The van der Waals surface area contributed by atoms with Crippen LogP contribution in [-0.2, 0) is 9.31 Å². The van der Waals surface area contributed by atoms with Crippen LogP contribution in [0.2, 0.25) is 5.02 Å². The van der Waals surface area contributed by atoms with Crippen LogP contribution in [-0.4, -0.2) is 18.3 Å². The van der Waals surface area contributed by atoms with Crippen molar-refractivity contribution in [3.05, 3.63) is 46.2 Å². The van der Waals surface area contributed by atoms with E-state index < -0.39 is 0 Å². The first kappa shape index (κ1) is 17.0. The molecule has 0 bridgehead atoms. The second-order valence-electron chi connectivity index (χ2n) is 7.50. The van der Waals surface area contributed by atoms with E-state index in [1.165, 1.54) is 11.5 Å². The van der Waals surface area contributed by atoms with Gasteiger partial charge < -0.3 is 9.31 Å². The molecule has 0 N–H and O–H groups in total. The number of rotatable bonds is 2. The fourth-order valence-corrected chi connectivity index (χ4v) is 3.34. The molecule has 0 amide bonds. The molecule has 5 heteroatoms. The van der Waals surface area contributed by atoms with Crippen LogP contribution >= 0.6 is 11.6 Å². The van der Waals surface area contributed by atoms with Crippen LogP contribution in [0.3, 0.4) is 0 Å². The lowest BCUT2D eigenvalue weighted by atomic mass is 9.69. The molecular weight excluding hydrogens is 313 g/mol. The molecule has 1 aliphatic heterocycles. The fraction of sp³-hybridized carbons (Fsp3) is 0.556. The Morgan fingerprint density at radius 3 is 2.35 bits per heavy atom. The molecule has 1 saturated heterocycles. The number of hydrogen-bond donors (Lipinski definition) is 0. The average molecular weight is 337 g/mol. The van der Waals surface area contributed by atoms with Crippen LogP contribution in [0.5, 0.6) is 0 Å². The molecule has 1 aliphatic carbocycles. The van der Waals surface area contributed by atoms with Crippen LogP contribution in [0.15, 0.2) is 29.7 Å². The van der Waals surface area contributed by atoms with Gasteiger partial charge in [-0.15, -0.1) is 0 Å². The molecule has 0 aromatic heterocycles. The minimum Gasteiger partial charge on any atom is -0.400 e. The van der Waals surface area contributed by atoms with Crippen LogP contribution in [0.25, 0.3) is 0 Å². The van der Waals surface area contributed by atoms with E-state index in [1.54, 1.807) is 12.1 Å². The summed E-state index contributed by atoms with van der Waals surface area (Å²) in [7, 11) is -0.281. The summed E-state index contributed by atoms with van der Waals surface area (Å²) in [5, 5.41) is 0.440. The molecule has 0 radical (unpaired) electrons. The van der Waals surface area contributed by atoms with Gasteiger partial charge in [0.1, 0.15) is 5.82 Å². The summed E-state index contributed by atoms with van der Waals surface area (Å²) in [5.74, 6) is -0.0200. The van der Waals surface area contributed by atoms with E-state index in [9.17, 15) is 4.39 Å². The molecule has 1 fully saturated rings. The first-order chi connectivity index (χ1) is 10.7. The third-order valence-corrected chi connectivity index (χ3v) is 5.64. The van der Waals surface area contributed by atoms with E-state index in [0.717, 1.165) is 24.8 Å². The minimum absolute atomic E-state index is 0.193. The Bertz CT molecular complexity index is 626. The van der Waals surface area contributed by atoms with Gasteiger partial charge in [0.05, 0.1) is 11.2 Å². The van der Waals surface area contributed by atoms with E-state index in [1.807, 2.05) is 0 Å². The van der Waals surface area contributed by atoms with Crippen LogP contribution in [0, 0.1) is 5.82 Å². The summed E-state index contributed by atoms with van der Waals surface area (Å²) in [6.45, 7) is 8.23. The second-order valence-corrected chi connectivity index (χ2v) is 7.94. The lowest BCUT2D eigenvalue weighted by Crippen LogP contribution is -2.41. The van der Waals surface area contributed by atoms with Gasteiger partial charge in [-0.05, 0) is 76.0 Å². The van der Waals surface area contributed by atoms with Crippen molar-refractivity contribution in [3.8, 4) is 0 Å². The maximum atomic E-state index is 14.1. The summed E-state index contributed by atoms with van der Waals surface area (Å²) in [5.41, 5.74) is 1.28.